The van der Waals surface area contributed by atoms with Crippen molar-refractivity contribution in [1.29, 1.82) is 0 Å². The summed E-state index contributed by atoms with van der Waals surface area (Å²) in [4.78, 5) is 24.4. The summed E-state index contributed by atoms with van der Waals surface area (Å²) in [5, 5.41) is 2.79. The van der Waals surface area contributed by atoms with E-state index in [0.29, 0.717) is 5.69 Å². The third-order valence-electron chi connectivity index (χ3n) is 4.11. The van der Waals surface area contributed by atoms with Crippen molar-refractivity contribution < 1.29 is 18.7 Å². The summed E-state index contributed by atoms with van der Waals surface area (Å²) >= 11 is 0. The van der Waals surface area contributed by atoms with Gasteiger partial charge in [0.25, 0.3) is 5.91 Å². The molecule has 2 aromatic rings. The van der Waals surface area contributed by atoms with Crippen LogP contribution in [0.1, 0.15) is 49.0 Å². The summed E-state index contributed by atoms with van der Waals surface area (Å²) in [5.41, 5.74) is 1.52. The second-order valence-electron chi connectivity index (χ2n) is 5.91. The zero-order valence-electron chi connectivity index (χ0n) is 14.6. The Morgan fingerprint density at radius 2 is 1.72 bits per heavy atom. The molecule has 0 aliphatic rings. The van der Waals surface area contributed by atoms with E-state index < -0.39 is 23.8 Å². The van der Waals surface area contributed by atoms with Crippen molar-refractivity contribution in [3.05, 3.63) is 65.5 Å². The monoisotopic (exact) mass is 343 g/mol. The number of esters is 1. The zero-order chi connectivity index (χ0) is 18.4. The minimum atomic E-state index is -1.04. The van der Waals surface area contributed by atoms with E-state index >= 15 is 0 Å². The number of carbonyl (C=O) groups is 2. The van der Waals surface area contributed by atoms with Crippen molar-refractivity contribution in [2.24, 2.45) is 0 Å². The summed E-state index contributed by atoms with van der Waals surface area (Å²) in [5.74, 6) is -1.72. The van der Waals surface area contributed by atoms with Gasteiger partial charge in [0, 0.05) is 5.69 Å². The summed E-state index contributed by atoms with van der Waals surface area (Å²) in [6, 6.07) is 13.0. The van der Waals surface area contributed by atoms with Crippen LogP contribution >= 0.6 is 0 Å². The number of ether oxygens (including phenoxy) is 1. The van der Waals surface area contributed by atoms with Gasteiger partial charge in [0.2, 0.25) is 0 Å². The molecule has 25 heavy (non-hydrogen) atoms. The van der Waals surface area contributed by atoms with Crippen molar-refractivity contribution >= 4 is 17.6 Å². The standard InChI is InChI=1S/C20H22FNO3/c1-4-13(2)15-9-6-8-12-18(15)22-19(23)14(3)25-20(24)16-10-5-7-11-17(16)21/h5-14H,4H2,1-3H3,(H,22,23)/t13-,14+/m0/s1. The first-order valence-corrected chi connectivity index (χ1v) is 8.29. The molecule has 0 aromatic heterocycles. The third-order valence-corrected chi connectivity index (χ3v) is 4.11. The smallest absolute Gasteiger partial charge is 0.341 e. The highest BCUT2D eigenvalue weighted by Gasteiger charge is 2.22. The lowest BCUT2D eigenvalue weighted by Crippen LogP contribution is -2.30. The number of para-hydroxylation sites is 1. The lowest BCUT2D eigenvalue weighted by molar-refractivity contribution is -0.123. The molecule has 0 spiro atoms. The van der Waals surface area contributed by atoms with Crippen LogP contribution in [-0.4, -0.2) is 18.0 Å². The average Bonchev–Trinajstić information content (AvgIpc) is 2.61. The first-order valence-electron chi connectivity index (χ1n) is 8.29. The molecule has 0 fully saturated rings. The number of benzene rings is 2. The van der Waals surface area contributed by atoms with Crippen LogP contribution < -0.4 is 5.32 Å². The second kappa shape index (κ2) is 8.42. The SMILES string of the molecule is CC[C@H](C)c1ccccc1NC(=O)[C@@H](C)OC(=O)c1ccccc1F. The van der Waals surface area contributed by atoms with Crippen LogP contribution in [0.5, 0.6) is 0 Å². The first-order chi connectivity index (χ1) is 11.9. The van der Waals surface area contributed by atoms with E-state index in [0.717, 1.165) is 12.0 Å². The van der Waals surface area contributed by atoms with Gasteiger partial charge < -0.3 is 10.1 Å². The van der Waals surface area contributed by atoms with Crippen LogP contribution in [-0.2, 0) is 9.53 Å². The number of rotatable bonds is 6. The summed E-state index contributed by atoms with van der Waals surface area (Å²) in [6.07, 6.45) is -0.109. The Balaban J connectivity index is 2.06. The molecule has 0 saturated heterocycles. The Bertz CT molecular complexity index is 760. The van der Waals surface area contributed by atoms with Gasteiger partial charge in [-0.1, -0.05) is 44.2 Å². The van der Waals surface area contributed by atoms with Gasteiger partial charge in [0.1, 0.15) is 5.82 Å². The predicted octanol–water partition coefficient (Wildman–Crippen LogP) is 4.52. The first kappa shape index (κ1) is 18.6. The molecule has 1 N–H and O–H groups in total. The lowest BCUT2D eigenvalue weighted by atomic mass is 9.97. The molecule has 0 saturated carbocycles. The Morgan fingerprint density at radius 3 is 2.40 bits per heavy atom. The Morgan fingerprint density at radius 1 is 1.08 bits per heavy atom. The number of amides is 1. The van der Waals surface area contributed by atoms with Crippen molar-refractivity contribution in [2.45, 2.75) is 39.2 Å². The van der Waals surface area contributed by atoms with E-state index in [-0.39, 0.29) is 11.5 Å². The summed E-state index contributed by atoms with van der Waals surface area (Å²) in [7, 11) is 0. The van der Waals surface area contributed by atoms with Crippen LogP contribution in [0.4, 0.5) is 10.1 Å². The molecule has 2 rings (SSSR count). The normalized spacial score (nSPS) is 13.0. The molecule has 5 heteroatoms. The molecule has 4 nitrogen and oxygen atoms in total. The van der Waals surface area contributed by atoms with E-state index in [1.54, 1.807) is 0 Å². The van der Waals surface area contributed by atoms with E-state index in [9.17, 15) is 14.0 Å². The molecule has 0 aliphatic carbocycles. The van der Waals surface area contributed by atoms with Crippen LogP contribution in [0.2, 0.25) is 0 Å². The Hall–Kier alpha value is -2.69. The van der Waals surface area contributed by atoms with Gasteiger partial charge in [0.05, 0.1) is 5.56 Å². The van der Waals surface area contributed by atoms with Crippen LogP contribution in [0, 0.1) is 5.82 Å². The molecule has 2 aromatic carbocycles. The van der Waals surface area contributed by atoms with Crippen molar-refractivity contribution in [2.75, 3.05) is 5.32 Å². The largest absolute Gasteiger partial charge is 0.449 e. The predicted molar refractivity (Wildman–Crippen MR) is 95.1 cm³/mol. The number of hydrogen-bond acceptors (Lipinski definition) is 3. The van der Waals surface area contributed by atoms with Crippen molar-refractivity contribution in [1.82, 2.24) is 0 Å². The molecule has 0 unspecified atom stereocenters. The minimum absolute atomic E-state index is 0.192. The van der Waals surface area contributed by atoms with Gasteiger partial charge in [0.15, 0.2) is 6.10 Å². The maximum Gasteiger partial charge on any atom is 0.341 e. The van der Waals surface area contributed by atoms with E-state index in [4.69, 9.17) is 4.74 Å². The van der Waals surface area contributed by atoms with Gasteiger partial charge >= 0.3 is 5.97 Å². The fourth-order valence-corrected chi connectivity index (χ4v) is 2.40. The van der Waals surface area contributed by atoms with Crippen molar-refractivity contribution in [3.8, 4) is 0 Å². The molecule has 1 amide bonds. The summed E-state index contributed by atoms with van der Waals surface area (Å²) < 4.78 is 18.7. The molecular weight excluding hydrogens is 321 g/mol. The number of halogens is 1. The highest BCUT2D eigenvalue weighted by molar-refractivity contribution is 5.97. The number of anilines is 1. The third kappa shape index (κ3) is 4.66. The fourth-order valence-electron chi connectivity index (χ4n) is 2.40. The van der Waals surface area contributed by atoms with Crippen molar-refractivity contribution in [3.63, 3.8) is 0 Å². The van der Waals surface area contributed by atoms with E-state index in [1.807, 2.05) is 24.3 Å². The highest BCUT2D eigenvalue weighted by Crippen LogP contribution is 2.26. The van der Waals surface area contributed by atoms with Gasteiger partial charge in [-0.25, -0.2) is 9.18 Å². The van der Waals surface area contributed by atoms with Gasteiger partial charge in [-0.3, -0.25) is 4.79 Å². The topological polar surface area (TPSA) is 55.4 Å². The maximum atomic E-state index is 13.6. The highest BCUT2D eigenvalue weighted by atomic mass is 19.1. The van der Waals surface area contributed by atoms with Gasteiger partial charge in [-0.15, -0.1) is 0 Å². The Kier molecular flexibility index (Phi) is 6.28. The molecule has 0 heterocycles. The molecule has 0 aliphatic heterocycles. The minimum Gasteiger partial charge on any atom is -0.449 e. The molecule has 132 valence electrons. The maximum absolute atomic E-state index is 13.6. The summed E-state index contributed by atoms with van der Waals surface area (Å²) in [6.45, 7) is 5.61. The molecule has 0 bridgehead atoms. The van der Waals surface area contributed by atoms with E-state index in [1.165, 1.54) is 31.2 Å². The molecular formula is C20H22FNO3. The van der Waals surface area contributed by atoms with Gasteiger partial charge in [-0.2, -0.15) is 0 Å². The number of carbonyl (C=O) groups excluding carboxylic acids is 2. The van der Waals surface area contributed by atoms with Crippen LogP contribution in [0.25, 0.3) is 0 Å². The second-order valence-corrected chi connectivity index (χ2v) is 5.91. The van der Waals surface area contributed by atoms with E-state index in [2.05, 4.69) is 19.2 Å². The number of nitrogens with one attached hydrogen (secondary N) is 1. The Labute approximate surface area is 147 Å². The quantitative estimate of drug-likeness (QED) is 0.785. The number of hydrogen-bond donors (Lipinski definition) is 1. The lowest BCUT2D eigenvalue weighted by Gasteiger charge is -2.18. The van der Waals surface area contributed by atoms with Gasteiger partial charge in [-0.05, 0) is 43.0 Å². The average molecular weight is 343 g/mol. The molecule has 0 radical (unpaired) electrons. The molecule has 2 atom stereocenters. The van der Waals surface area contributed by atoms with Crippen LogP contribution in [0.15, 0.2) is 48.5 Å². The fraction of sp³-hybridized carbons (Fsp3) is 0.300. The van der Waals surface area contributed by atoms with Crippen LogP contribution in [0.3, 0.4) is 0 Å². The zero-order valence-corrected chi connectivity index (χ0v) is 14.6.